The van der Waals surface area contributed by atoms with E-state index in [1.165, 1.54) is 22.7 Å². The summed E-state index contributed by atoms with van der Waals surface area (Å²) in [4.78, 5) is 29.9. The van der Waals surface area contributed by atoms with Gasteiger partial charge in [0, 0.05) is 33.8 Å². The Hall–Kier alpha value is -3.02. The van der Waals surface area contributed by atoms with Gasteiger partial charge in [-0.1, -0.05) is 17.8 Å². The summed E-state index contributed by atoms with van der Waals surface area (Å²) in [5.41, 5.74) is 1.86. The van der Waals surface area contributed by atoms with Crippen molar-refractivity contribution in [3.63, 3.8) is 0 Å². The Kier molecular flexibility index (Phi) is 6.75. The molecule has 158 valence electrons. The number of thioether (sulfide) groups is 1. The van der Waals surface area contributed by atoms with E-state index < -0.39 is 5.97 Å². The van der Waals surface area contributed by atoms with Crippen molar-refractivity contribution in [2.75, 3.05) is 17.7 Å². The van der Waals surface area contributed by atoms with Crippen molar-refractivity contribution in [2.24, 2.45) is 0 Å². The summed E-state index contributed by atoms with van der Waals surface area (Å²) in [5, 5.41) is 15.3. The molecule has 0 fully saturated rings. The summed E-state index contributed by atoms with van der Waals surface area (Å²) in [5.74, 6) is -0.353. The predicted molar refractivity (Wildman–Crippen MR) is 120 cm³/mol. The smallest absolute Gasteiger partial charge is 0.341 e. The third-order valence-corrected chi connectivity index (χ3v) is 6.59. The fourth-order valence-corrected chi connectivity index (χ4v) is 4.99. The zero-order valence-electron chi connectivity index (χ0n) is 16.2. The lowest BCUT2D eigenvalue weighted by atomic mass is 10.1. The molecule has 0 atom stereocenters. The van der Waals surface area contributed by atoms with E-state index in [4.69, 9.17) is 9.15 Å². The largest absolute Gasteiger partial charge is 0.462 e. The molecule has 1 amide bonds. The molecule has 8 nitrogen and oxygen atoms in total. The highest BCUT2D eigenvalue weighted by molar-refractivity contribution is 7.99. The van der Waals surface area contributed by atoms with Crippen molar-refractivity contribution in [2.45, 2.75) is 12.1 Å². The van der Waals surface area contributed by atoms with Crippen LogP contribution in [0.3, 0.4) is 0 Å². The third kappa shape index (κ3) is 5.01. The van der Waals surface area contributed by atoms with Gasteiger partial charge >= 0.3 is 5.97 Å². The number of ether oxygens (including phenoxy) is 1. The first kappa shape index (κ1) is 21.2. The molecule has 0 bridgehead atoms. The van der Waals surface area contributed by atoms with Crippen LogP contribution in [0.5, 0.6) is 0 Å². The van der Waals surface area contributed by atoms with Crippen LogP contribution in [0.15, 0.2) is 57.1 Å². The van der Waals surface area contributed by atoms with Gasteiger partial charge in [0.05, 0.1) is 12.4 Å². The van der Waals surface area contributed by atoms with E-state index >= 15 is 0 Å². The molecule has 0 aliphatic carbocycles. The summed E-state index contributed by atoms with van der Waals surface area (Å²) >= 11 is 3.92. The van der Waals surface area contributed by atoms with Crippen LogP contribution in [0.25, 0.3) is 21.9 Å². The van der Waals surface area contributed by atoms with Crippen LogP contribution < -0.4 is 5.32 Å². The molecule has 11 heteroatoms. The highest BCUT2D eigenvalue weighted by Gasteiger charge is 2.23. The summed E-state index contributed by atoms with van der Waals surface area (Å²) in [6.45, 7) is 1.99. The van der Waals surface area contributed by atoms with Crippen LogP contribution in [-0.2, 0) is 9.53 Å². The molecule has 0 saturated carbocycles. The number of carbonyl (C=O) groups excluding carboxylic acids is 2. The normalized spacial score (nSPS) is 10.7. The Labute approximate surface area is 189 Å². The Morgan fingerprint density at radius 1 is 1.19 bits per heavy atom. The lowest BCUT2D eigenvalue weighted by molar-refractivity contribution is -0.113. The average Bonchev–Trinajstić information content (AvgIpc) is 3.53. The zero-order valence-corrected chi connectivity index (χ0v) is 18.7. The van der Waals surface area contributed by atoms with E-state index in [-0.39, 0.29) is 23.5 Å². The number of rotatable bonds is 8. The number of esters is 1. The van der Waals surface area contributed by atoms with E-state index in [0.717, 1.165) is 27.8 Å². The van der Waals surface area contributed by atoms with E-state index in [9.17, 15) is 9.59 Å². The molecule has 4 rings (SSSR count). The highest BCUT2D eigenvalue weighted by atomic mass is 32.2. The second-order valence-electron chi connectivity index (χ2n) is 6.00. The highest BCUT2D eigenvalue weighted by Crippen LogP contribution is 2.38. The van der Waals surface area contributed by atoms with Crippen LogP contribution in [0.4, 0.5) is 5.00 Å². The van der Waals surface area contributed by atoms with Gasteiger partial charge < -0.3 is 14.5 Å². The summed E-state index contributed by atoms with van der Waals surface area (Å²) < 4.78 is 10.8. The fourth-order valence-electron chi connectivity index (χ4n) is 2.64. The number of amides is 1. The predicted octanol–water partition coefficient (Wildman–Crippen LogP) is 4.83. The number of hydrogen-bond donors (Lipinski definition) is 1. The van der Waals surface area contributed by atoms with Gasteiger partial charge in [-0.3, -0.25) is 9.78 Å². The minimum atomic E-state index is -0.464. The molecular formula is C20H16N4O4S3. The molecule has 4 aromatic heterocycles. The minimum absolute atomic E-state index is 0.0481. The lowest BCUT2D eigenvalue weighted by Crippen LogP contribution is -2.16. The van der Waals surface area contributed by atoms with Crippen LogP contribution in [-0.4, -0.2) is 39.4 Å². The van der Waals surface area contributed by atoms with Gasteiger partial charge in [0.1, 0.15) is 10.6 Å². The molecule has 0 unspecified atom stereocenters. The Bertz CT molecular complexity index is 1170. The first-order valence-corrected chi connectivity index (χ1v) is 11.9. The van der Waals surface area contributed by atoms with Crippen molar-refractivity contribution in [1.29, 1.82) is 0 Å². The first-order chi connectivity index (χ1) is 15.2. The molecule has 0 aliphatic heterocycles. The van der Waals surface area contributed by atoms with Crippen LogP contribution in [0.1, 0.15) is 17.3 Å². The number of nitrogens with zero attached hydrogens (tertiary/aromatic N) is 3. The monoisotopic (exact) mass is 472 g/mol. The van der Waals surface area contributed by atoms with Gasteiger partial charge in [0.15, 0.2) is 0 Å². The van der Waals surface area contributed by atoms with Crippen molar-refractivity contribution in [3.8, 4) is 21.9 Å². The average molecular weight is 473 g/mol. The van der Waals surface area contributed by atoms with E-state index in [1.807, 2.05) is 22.9 Å². The molecule has 4 heterocycles. The van der Waals surface area contributed by atoms with Crippen molar-refractivity contribution >= 4 is 51.3 Å². The first-order valence-electron chi connectivity index (χ1n) is 9.14. The molecule has 0 aromatic carbocycles. The summed E-state index contributed by atoms with van der Waals surface area (Å²) in [7, 11) is 0. The molecule has 4 aromatic rings. The maximum Gasteiger partial charge on any atom is 0.341 e. The van der Waals surface area contributed by atoms with Gasteiger partial charge in [0.25, 0.3) is 5.22 Å². The number of pyridine rings is 1. The van der Waals surface area contributed by atoms with Crippen LogP contribution in [0.2, 0.25) is 0 Å². The molecule has 0 aliphatic rings. The maximum atomic E-state index is 12.5. The topological polar surface area (TPSA) is 107 Å². The Morgan fingerprint density at radius 2 is 2.03 bits per heavy atom. The maximum absolute atomic E-state index is 12.5. The van der Waals surface area contributed by atoms with E-state index in [1.54, 1.807) is 31.5 Å². The number of anilines is 1. The molecule has 0 saturated heterocycles. The quantitative estimate of drug-likeness (QED) is 0.287. The Morgan fingerprint density at radius 3 is 2.77 bits per heavy atom. The molecule has 0 radical (unpaired) electrons. The van der Waals surface area contributed by atoms with Crippen molar-refractivity contribution in [1.82, 2.24) is 15.2 Å². The van der Waals surface area contributed by atoms with Crippen molar-refractivity contribution < 1.29 is 18.7 Å². The SMILES string of the molecule is CCOC(=O)c1c(-c2cccs2)csc1NC(=O)CSc1nnc(-c2ccncc2)o1. The second-order valence-corrected chi connectivity index (χ2v) is 8.75. The molecular weight excluding hydrogens is 456 g/mol. The molecule has 0 spiro atoms. The number of thiophene rings is 2. The zero-order chi connectivity index (χ0) is 21.6. The minimum Gasteiger partial charge on any atom is -0.462 e. The second kappa shape index (κ2) is 9.86. The van der Waals surface area contributed by atoms with Crippen LogP contribution >= 0.6 is 34.4 Å². The third-order valence-electron chi connectivity index (χ3n) is 3.97. The molecule has 1 N–H and O–H groups in total. The Balaban J connectivity index is 1.44. The van der Waals surface area contributed by atoms with Gasteiger partial charge in [-0.05, 0) is 30.5 Å². The van der Waals surface area contributed by atoms with E-state index in [0.29, 0.717) is 16.5 Å². The van der Waals surface area contributed by atoms with Gasteiger partial charge in [-0.15, -0.1) is 32.9 Å². The lowest BCUT2D eigenvalue weighted by Gasteiger charge is -2.07. The number of carbonyl (C=O) groups is 2. The van der Waals surface area contributed by atoms with Gasteiger partial charge in [-0.25, -0.2) is 4.79 Å². The van der Waals surface area contributed by atoms with Gasteiger partial charge in [-0.2, -0.15) is 0 Å². The van der Waals surface area contributed by atoms with Crippen molar-refractivity contribution in [3.05, 3.63) is 53.0 Å². The number of hydrogen-bond acceptors (Lipinski definition) is 10. The van der Waals surface area contributed by atoms with Gasteiger partial charge in [0.2, 0.25) is 11.8 Å². The summed E-state index contributed by atoms with van der Waals surface area (Å²) in [6.07, 6.45) is 3.26. The van der Waals surface area contributed by atoms with Crippen LogP contribution in [0, 0.1) is 0 Å². The number of nitrogens with one attached hydrogen (secondary N) is 1. The standard InChI is InChI=1S/C20H16N4O4S3/c1-2-27-19(26)16-13(14-4-3-9-29-14)10-30-18(16)22-15(25)11-31-20-24-23-17(28-20)12-5-7-21-8-6-12/h3-10H,2,11H2,1H3,(H,22,25). The fraction of sp³-hybridized carbons (Fsp3) is 0.150. The summed E-state index contributed by atoms with van der Waals surface area (Å²) in [6, 6.07) is 7.35. The molecule has 31 heavy (non-hydrogen) atoms. The number of aromatic nitrogens is 3. The van der Waals surface area contributed by atoms with E-state index in [2.05, 4.69) is 20.5 Å².